The van der Waals surface area contributed by atoms with Gasteiger partial charge in [0.05, 0.1) is 17.7 Å². The fraction of sp³-hybridized carbons (Fsp3) is 0.167. The molecule has 1 amide bonds. The number of hydrogen-bond acceptors (Lipinski definition) is 6. The number of nitrogens with zero attached hydrogens (tertiary/aromatic N) is 2. The first-order chi connectivity index (χ1) is 9.47. The van der Waals surface area contributed by atoms with Gasteiger partial charge in [-0.3, -0.25) is 14.9 Å². The van der Waals surface area contributed by atoms with Crippen molar-refractivity contribution in [2.45, 2.75) is 13.5 Å². The van der Waals surface area contributed by atoms with Crippen molar-refractivity contribution in [3.63, 3.8) is 0 Å². The summed E-state index contributed by atoms with van der Waals surface area (Å²) < 4.78 is 5.20. The van der Waals surface area contributed by atoms with Crippen molar-refractivity contribution in [1.82, 2.24) is 10.3 Å². The number of nitro benzene ring substituents is 1. The van der Waals surface area contributed by atoms with E-state index in [0.29, 0.717) is 11.7 Å². The van der Waals surface area contributed by atoms with Crippen molar-refractivity contribution in [2.24, 2.45) is 0 Å². The molecule has 0 aliphatic heterocycles. The predicted octanol–water partition coefficient (Wildman–Crippen LogP) is 1.40. The van der Waals surface area contributed by atoms with Gasteiger partial charge in [-0.1, -0.05) is 0 Å². The molecule has 0 bridgehead atoms. The summed E-state index contributed by atoms with van der Waals surface area (Å²) in [6.45, 7) is 1.87. The van der Waals surface area contributed by atoms with Crippen LogP contribution >= 0.6 is 0 Å². The molecule has 1 aromatic heterocycles. The molecule has 0 spiro atoms. The van der Waals surface area contributed by atoms with Gasteiger partial charge in [-0.2, -0.15) is 0 Å². The summed E-state index contributed by atoms with van der Waals surface area (Å²) in [7, 11) is 0. The van der Waals surface area contributed by atoms with Gasteiger partial charge in [0, 0.05) is 11.6 Å². The quantitative estimate of drug-likeness (QED) is 0.494. The second-order valence-electron chi connectivity index (χ2n) is 4.08. The van der Waals surface area contributed by atoms with E-state index in [1.807, 2.05) is 0 Å². The monoisotopic (exact) mass is 276 g/mol. The number of anilines is 1. The number of nitrogens with one attached hydrogen (secondary N) is 1. The summed E-state index contributed by atoms with van der Waals surface area (Å²) >= 11 is 0. The molecule has 0 radical (unpaired) electrons. The maximum absolute atomic E-state index is 11.9. The summed E-state index contributed by atoms with van der Waals surface area (Å²) in [6, 6.07) is 3.79. The molecule has 0 fully saturated rings. The number of carbonyl (C=O) groups excluding carboxylic acids is 1. The first-order valence-electron chi connectivity index (χ1n) is 5.71. The third kappa shape index (κ3) is 2.91. The van der Waals surface area contributed by atoms with Crippen LogP contribution in [0.1, 0.15) is 22.0 Å². The van der Waals surface area contributed by atoms with Crippen LogP contribution in [-0.2, 0) is 6.54 Å². The van der Waals surface area contributed by atoms with E-state index in [0.717, 1.165) is 0 Å². The Morgan fingerprint density at radius 2 is 2.30 bits per heavy atom. The van der Waals surface area contributed by atoms with E-state index in [-0.39, 0.29) is 23.5 Å². The zero-order valence-corrected chi connectivity index (χ0v) is 10.6. The van der Waals surface area contributed by atoms with Crippen LogP contribution in [0.15, 0.2) is 28.8 Å². The van der Waals surface area contributed by atoms with E-state index in [9.17, 15) is 14.9 Å². The number of nitrogens with two attached hydrogens (primary N) is 1. The zero-order valence-electron chi connectivity index (χ0n) is 10.6. The lowest BCUT2D eigenvalue weighted by atomic mass is 10.1. The van der Waals surface area contributed by atoms with Crippen molar-refractivity contribution < 1.29 is 14.1 Å². The molecule has 1 heterocycles. The van der Waals surface area contributed by atoms with Gasteiger partial charge in [-0.05, 0) is 19.1 Å². The minimum absolute atomic E-state index is 0.0605. The van der Waals surface area contributed by atoms with Gasteiger partial charge in [0.15, 0.2) is 0 Å². The van der Waals surface area contributed by atoms with Gasteiger partial charge in [-0.15, -0.1) is 0 Å². The Kier molecular flexibility index (Phi) is 3.65. The Morgan fingerprint density at radius 3 is 2.85 bits per heavy atom. The first-order valence-corrected chi connectivity index (χ1v) is 5.71. The molecular formula is C12H12N4O4. The maximum atomic E-state index is 11.9. The third-order valence-corrected chi connectivity index (χ3v) is 2.56. The molecule has 0 saturated heterocycles. The van der Waals surface area contributed by atoms with E-state index in [2.05, 4.69) is 10.3 Å². The second-order valence-corrected chi connectivity index (χ2v) is 4.08. The fourth-order valence-electron chi connectivity index (χ4n) is 1.60. The Balaban J connectivity index is 2.06. The summed E-state index contributed by atoms with van der Waals surface area (Å²) in [4.78, 5) is 25.8. The molecule has 20 heavy (non-hydrogen) atoms. The topological polar surface area (TPSA) is 124 Å². The third-order valence-electron chi connectivity index (χ3n) is 2.56. The van der Waals surface area contributed by atoms with Crippen molar-refractivity contribution in [1.29, 1.82) is 0 Å². The number of hydrogen-bond donors (Lipinski definition) is 2. The number of oxazole rings is 1. The molecule has 0 aliphatic carbocycles. The standard InChI is InChI=1S/C12H12N4O4/c1-7-5-14-11(20-7)6-15-12(17)8-2-3-10(16(18)19)9(13)4-8/h2-5H,6,13H2,1H3,(H,15,17). The Bertz CT molecular complexity index is 665. The number of aromatic nitrogens is 1. The highest BCUT2D eigenvalue weighted by Crippen LogP contribution is 2.21. The van der Waals surface area contributed by atoms with Crippen LogP contribution in [0.3, 0.4) is 0 Å². The van der Waals surface area contributed by atoms with Crippen molar-refractivity contribution in [2.75, 3.05) is 5.73 Å². The Morgan fingerprint density at radius 1 is 1.55 bits per heavy atom. The summed E-state index contributed by atoms with van der Waals surface area (Å²) in [6.07, 6.45) is 1.55. The van der Waals surface area contributed by atoms with Gasteiger partial charge in [0.25, 0.3) is 11.6 Å². The average Bonchev–Trinajstić information content (AvgIpc) is 2.81. The molecule has 8 heteroatoms. The SMILES string of the molecule is Cc1cnc(CNC(=O)c2ccc([N+](=O)[O-])c(N)c2)o1. The fourth-order valence-corrected chi connectivity index (χ4v) is 1.60. The van der Waals surface area contributed by atoms with Gasteiger partial charge in [0.1, 0.15) is 11.4 Å². The second kappa shape index (κ2) is 5.39. The lowest BCUT2D eigenvalue weighted by molar-refractivity contribution is -0.383. The van der Waals surface area contributed by atoms with E-state index in [1.165, 1.54) is 18.2 Å². The molecule has 0 saturated carbocycles. The van der Waals surface area contributed by atoms with Crippen LogP contribution in [-0.4, -0.2) is 15.8 Å². The molecule has 2 rings (SSSR count). The average molecular weight is 276 g/mol. The normalized spacial score (nSPS) is 10.2. The van der Waals surface area contributed by atoms with Crippen LogP contribution < -0.4 is 11.1 Å². The Hall–Kier alpha value is -2.90. The molecule has 2 aromatic rings. The number of benzene rings is 1. The van der Waals surface area contributed by atoms with Crippen LogP contribution in [0.2, 0.25) is 0 Å². The molecule has 3 N–H and O–H groups in total. The number of nitrogen functional groups attached to an aromatic ring is 1. The highest BCUT2D eigenvalue weighted by Gasteiger charge is 2.14. The van der Waals surface area contributed by atoms with Gasteiger partial charge in [0.2, 0.25) is 5.89 Å². The molecule has 1 aromatic carbocycles. The van der Waals surface area contributed by atoms with E-state index in [4.69, 9.17) is 10.2 Å². The molecule has 0 atom stereocenters. The van der Waals surface area contributed by atoms with Crippen molar-refractivity contribution >= 4 is 17.3 Å². The van der Waals surface area contributed by atoms with Crippen molar-refractivity contribution in [3.05, 3.63) is 51.7 Å². The Labute approximate surface area is 113 Å². The number of amides is 1. The highest BCUT2D eigenvalue weighted by molar-refractivity contribution is 5.95. The van der Waals surface area contributed by atoms with Crippen LogP contribution in [0.5, 0.6) is 0 Å². The first kappa shape index (κ1) is 13.5. The lowest BCUT2D eigenvalue weighted by Gasteiger charge is -2.04. The van der Waals surface area contributed by atoms with Gasteiger partial charge >= 0.3 is 0 Å². The van der Waals surface area contributed by atoms with Crippen molar-refractivity contribution in [3.8, 4) is 0 Å². The highest BCUT2D eigenvalue weighted by atomic mass is 16.6. The molecule has 0 aliphatic rings. The summed E-state index contributed by atoms with van der Waals surface area (Å²) in [5.74, 6) is 0.613. The maximum Gasteiger partial charge on any atom is 0.292 e. The minimum Gasteiger partial charge on any atom is -0.444 e. The summed E-state index contributed by atoms with van der Waals surface area (Å²) in [5, 5.41) is 13.2. The molecule has 8 nitrogen and oxygen atoms in total. The molecule has 0 unspecified atom stereocenters. The largest absolute Gasteiger partial charge is 0.444 e. The number of rotatable bonds is 4. The number of nitro groups is 1. The summed E-state index contributed by atoms with van der Waals surface area (Å²) in [5.41, 5.74) is 5.46. The van der Waals surface area contributed by atoms with Crippen LogP contribution in [0, 0.1) is 17.0 Å². The minimum atomic E-state index is -0.605. The van der Waals surface area contributed by atoms with Crippen LogP contribution in [0.4, 0.5) is 11.4 Å². The molecule has 104 valence electrons. The molecular weight excluding hydrogens is 264 g/mol. The van der Waals surface area contributed by atoms with E-state index < -0.39 is 10.8 Å². The number of aryl methyl sites for hydroxylation is 1. The van der Waals surface area contributed by atoms with Gasteiger partial charge < -0.3 is 15.5 Å². The van der Waals surface area contributed by atoms with E-state index >= 15 is 0 Å². The smallest absolute Gasteiger partial charge is 0.292 e. The van der Waals surface area contributed by atoms with Crippen LogP contribution in [0.25, 0.3) is 0 Å². The predicted molar refractivity (Wildman–Crippen MR) is 69.9 cm³/mol. The number of carbonyl (C=O) groups is 1. The van der Waals surface area contributed by atoms with Gasteiger partial charge in [-0.25, -0.2) is 4.98 Å². The van der Waals surface area contributed by atoms with E-state index in [1.54, 1.807) is 13.1 Å². The zero-order chi connectivity index (χ0) is 14.7. The lowest BCUT2D eigenvalue weighted by Crippen LogP contribution is -2.23.